The monoisotopic (exact) mass is 381 g/mol. The van der Waals surface area contributed by atoms with Crippen molar-refractivity contribution in [2.75, 3.05) is 18.9 Å². The van der Waals surface area contributed by atoms with Crippen LogP contribution in [0.5, 0.6) is 0 Å². The van der Waals surface area contributed by atoms with Gasteiger partial charge in [-0.15, -0.1) is 0 Å². The van der Waals surface area contributed by atoms with Crippen LogP contribution in [0.25, 0.3) is 22.2 Å². The number of rotatable bonds is 4. The Labute approximate surface area is 162 Å². The van der Waals surface area contributed by atoms with Crippen molar-refractivity contribution in [3.63, 3.8) is 0 Å². The van der Waals surface area contributed by atoms with Crippen LogP contribution in [-0.2, 0) is 9.47 Å². The molecule has 3 heterocycles. The van der Waals surface area contributed by atoms with Crippen LogP contribution in [0.1, 0.15) is 25.8 Å². The van der Waals surface area contributed by atoms with E-state index in [0.29, 0.717) is 12.2 Å². The maximum Gasteiger partial charge on any atom is 0.509 e. The van der Waals surface area contributed by atoms with E-state index in [1.54, 1.807) is 6.92 Å². The van der Waals surface area contributed by atoms with Gasteiger partial charge in [-0.05, 0) is 18.9 Å². The molecule has 2 atom stereocenters. The first kappa shape index (κ1) is 18.2. The molecule has 0 bridgehead atoms. The molecule has 2 aromatic heterocycles. The summed E-state index contributed by atoms with van der Waals surface area (Å²) < 4.78 is 12.4. The number of carbonyl (C=O) groups excluding carboxylic acids is 1. The third-order valence-electron chi connectivity index (χ3n) is 4.95. The van der Waals surface area contributed by atoms with Gasteiger partial charge in [0.05, 0.1) is 12.0 Å². The largest absolute Gasteiger partial charge is 0.509 e. The van der Waals surface area contributed by atoms with E-state index in [1.165, 1.54) is 6.33 Å². The summed E-state index contributed by atoms with van der Waals surface area (Å²) in [5.41, 5.74) is 9.04. The zero-order chi connectivity index (χ0) is 19.5. The predicted molar refractivity (Wildman–Crippen MR) is 106 cm³/mol. The van der Waals surface area contributed by atoms with Gasteiger partial charge < -0.3 is 19.8 Å². The number of nitrogens with two attached hydrogens (primary N) is 1. The first-order chi connectivity index (χ1) is 13.7. The van der Waals surface area contributed by atoms with Crippen LogP contribution in [0.15, 0.2) is 42.9 Å². The lowest BCUT2D eigenvalue weighted by Crippen LogP contribution is -2.41. The van der Waals surface area contributed by atoms with Gasteiger partial charge in [0.1, 0.15) is 17.8 Å². The Kier molecular flexibility index (Phi) is 5.12. The second-order valence-corrected chi connectivity index (χ2v) is 6.70. The van der Waals surface area contributed by atoms with Crippen LogP contribution < -0.4 is 11.1 Å². The molecule has 146 valence electrons. The Balaban J connectivity index is 1.69. The molecule has 3 aromatic rings. The van der Waals surface area contributed by atoms with Crippen molar-refractivity contribution < 1.29 is 14.3 Å². The number of benzene rings is 1. The summed E-state index contributed by atoms with van der Waals surface area (Å²) in [4.78, 5) is 20.4. The van der Waals surface area contributed by atoms with Crippen molar-refractivity contribution in [2.45, 2.75) is 32.0 Å². The second-order valence-electron chi connectivity index (χ2n) is 6.70. The maximum absolute atomic E-state index is 11.7. The average molecular weight is 381 g/mol. The number of hydrogen-bond acceptors (Lipinski definition) is 7. The van der Waals surface area contributed by atoms with Gasteiger partial charge in [0.25, 0.3) is 0 Å². The predicted octanol–water partition coefficient (Wildman–Crippen LogP) is 3.10. The van der Waals surface area contributed by atoms with E-state index < -0.39 is 12.4 Å². The van der Waals surface area contributed by atoms with Crippen LogP contribution in [-0.4, -0.2) is 40.1 Å². The summed E-state index contributed by atoms with van der Waals surface area (Å²) in [5.74, 6) is 0.455. The molecule has 8 heteroatoms. The first-order valence-electron chi connectivity index (χ1n) is 9.40. The maximum atomic E-state index is 11.7. The number of nitrogens with zero attached hydrogens (tertiary/aromatic N) is 3. The molecule has 3 N–H and O–H groups in total. The number of ether oxygens (including phenoxy) is 2. The summed E-state index contributed by atoms with van der Waals surface area (Å²) in [6.45, 7) is 2.75. The van der Waals surface area contributed by atoms with E-state index in [0.717, 1.165) is 35.1 Å². The lowest BCUT2D eigenvalue weighted by atomic mass is 10.1. The van der Waals surface area contributed by atoms with Crippen molar-refractivity contribution in [3.05, 3.63) is 42.9 Å². The highest BCUT2D eigenvalue weighted by atomic mass is 16.7. The van der Waals surface area contributed by atoms with Crippen LogP contribution in [0.3, 0.4) is 0 Å². The normalized spacial score (nSPS) is 19.5. The Morgan fingerprint density at radius 3 is 2.93 bits per heavy atom. The summed E-state index contributed by atoms with van der Waals surface area (Å²) in [6, 6.07) is 10.2. The molecule has 0 saturated carbocycles. The van der Waals surface area contributed by atoms with Crippen molar-refractivity contribution in [1.29, 1.82) is 0 Å². The van der Waals surface area contributed by atoms with Crippen molar-refractivity contribution in [3.8, 4) is 11.1 Å². The molecule has 1 aliphatic heterocycles. The number of nitrogens with one attached hydrogen (secondary N) is 1. The van der Waals surface area contributed by atoms with Gasteiger partial charge in [-0.1, -0.05) is 30.3 Å². The number of carbonyl (C=O) groups is 1. The van der Waals surface area contributed by atoms with Gasteiger partial charge in [0, 0.05) is 30.8 Å². The summed E-state index contributed by atoms with van der Waals surface area (Å²) in [7, 11) is 0. The molecule has 0 radical (unpaired) electrons. The minimum atomic E-state index is -0.658. The smallest absolute Gasteiger partial charge is 0.435 e. The van der Waals surface area contributed by atoms with Gasteiger partial charge >= 0.3 is 6.16 Å². The van der Waals surface area contributed by atoms with Gasteiger partial charge in [0.2, 0.25) is 0 Å². The number of hydrogen-bond donors (Lipinski definition) is 2. The third kappa shape index (κ3) is 3.50. The zero-order valence-electron chi connectivity index (χ0n) is 15.7. The highest BCUT2D eigenvalue weighted by molar-refractivity contribution is 6.00. The summed E-state index contributed by atoms with van der Waals surface area (Å²) >= 11 is 0. The minimum absolute atomic E-state index is 0.106. The fraction of sp³-hybridized carbons (Fsp3) is 0.350. The lowest BCUT2D eigenvalue weighted by molar-refractivity contribution is -0.00299. The molecule has 2 unspecified atom stereocenters. The summed E-state index contributed by atoms with van der Waals surface area (Å²) in [6.07, 6.45) is 3.98. The molecule has 4 rings (SSSR count). The molecule has 0 aliphatic carbocycles. The topological polar surface area (TPSA) is 104 Å². The SMILES string of the molecule is CCOC(=O)OC1CC(n2cc(-c3ccccc3)c3c(N)ncnc32)CCN1. The highest BCUT2D eigenvalue weighted by Gasteiger charge is 2.28. The Bertz CT molecular complexity index is 973. The quantitative estimate of drug-likeness (QED) is 0.669. The number of fused-ring (bicyclic) bond motifs is 1. The van der Waals surface area contributed by atoms with Crippen LogP contribution in [0.4, 0.5) is 10.6 Å². The molecule has 8 nitrogen and oxygen atoms in total. The van der Waals surface area contributed by atoms with Crippen molar-refractivity contribution >= 4 is 23.0 Å². The van der Waals surface area contributed by atoms with Crippen molar-refractivity contribution in [2.24, 2.45) is 0 Å². The lowest BCUT2D eigenvalue weighted by Gasteiger charge is -2.30. The van der Waals surface area contributed by atoms with Crippen molar-refractivity contribution in [1.82, 2.24) is 19.9 Å². The van der Waals surface area contributed by atoms with E-state index >= 15 is 0 Å². The first-order valence-corrected chi connectivity index (χ1v) is 9.40. The molecule has 1 aromatic carbocycles. The van der Waals surface area contributed by atoms with E-state index in [2.05, 4.69) is 26.0 Å². The minimum Gasteiger partial charge on any atom is -0.435 e. The Hall–Kier alpha value is -3.13. The molecule has 1 saturated heterocycles. The van der Waals surface area contributed by atoms with Gasteiger partial charge in [-0.3, -0.25) is 5.32 Å². The van der Waals surface area contributed by atoms with Crippen LogP contribution in [0.2, 0.25) is 0 Å². The Morgan fingerprint density at radius 1 is 1.32 bits per heavy atom. The Morgan fingerprint density at radius 2 is 2.14 bits per heavy atom. The van der Waals surface area contributed by atoms with Gasteiger partial charge in [-0.2, -0.15) is 0 Å². The molecule has 1 aliphatic rings. The fourth-order valence-electron chi connectivity index (χ4n) is 3.69. The molecular weight excluding hydrogens is 358 g/mol. The van der Waals surface area contributed by atoms with Crippen LogP contribution in [0, 0.1) is 0 Å². The average Bonchev–Trinajstić information content (AvgIpc) is 3.10. The molecule has 28 heavy (non-hydrogen) atoms. The van der Waals surface area contributed by atoms with E-state index in [-0.39, 0.29) is 12.6 Å². The third-order valence-corrected chi connectivity index (χ3v) is 4.95. The van der Waals surface area contributed by atoms with E-state index in [1.807, 2.05) is 30.3 Å². The van der Waals surface area contributed by atoms with E-state index in [4.69, 9.17) is 15.2 Å². The molecule has 0 amide bonds. The molecule has 1 fully saturated rings. The summed E-state index contributed by atoms with van der Waals surface area (Å²) in [5, 5.41) is 4.05. The van der Waals surface area contributed by atoms with Gasteiger partial charge in [0.15, 0.2) is 6.23 Å². The highest BCUT2D eigenvalue weighted by Crippen LogP contribution is 2.36. The zero-order valence-corrected chi connectivity index (χ0v) is 15.7. The fourth-order valence-corrected chi connectivity index (χ4v) is 3.69. The second kappa shape index (κ2) is 7.85. The van der Waals surface area contributed by atoms with E-state index in [9.17, 15) is 4.79 Å². The molecular formula is C20H23N5O3. The standard InChI is InChI=1S/C20H23N5O3/c1-2-27-20(26)28-16-10-14(8-9-22-16)25-11-15(13-6-4-3-5-7-13)17-18(21)23-12-24-19(17)25/h3-7,11-12,14,16,22H,2,8-10H2,1H3,(H2,21,23,24). The number of aromatic nitrogens is 3. The molecule has 0 spiro atoms. The van der Waals surface area contributed by atoms with Gasteiger partial charge in [-0.25, -0.2) is 14.8 Å². The number of nitrogen functional groups attached to an aromatic ring is 1. The number of anilines is 1. The van der Waals surface area contributed by atoms with Crippen LogP contribution >= 0.6 is 0 Å². The number of piperidine rings is 1.